The number of hydrogen-bond acceptors (Lipinski definition) is 5. The number of nitrogens with zero attached hydrogens (tertiary/aromatic N) is 4. The Morgan fingerprint density at radius 3 is 2.39 bits per heavy atom. The van der Waals surface area contributed by atoms with Gasteiger partial charge in [-0.05, 0) is 65.4 Å². The van der Waals surface area contributed by atoms with Gasteiger partial charge in [-0.2, -0.15) is 18.3 Å². The Morgan fingerprint density at radius 2 is 1.81 bits per heavy atom. The lowest BCUT2D eigenvalue weighted by Crippen LogP contribution is -2.53. The number of carbonyl (C=O) groups is 1. The van der Waals surface area contributed by atoms with Gasteiger partial charge in [0, 0.05) is 17.7 Å². The zero-order valence-corrected chi connectivity index (χ0v) is 21.9. The molecule has 2 aromatic heterocycles. The van der Waals surface area contributed by atoms with Crippen molar-refractivity contribution in [1.29, 1.82) is 0 Å². The number of fused-ring (bicyclic) bond motifs is 1. The molecule has 0 N–H and O–H groups in total. The third kappa shape index (κ3) is 5.79. The van der Waals surface area contributed by atoms with Gasteiger partial charge in [0.2, 0.25) is 0 Å². The number of aromatic nitrogens is 3. The first-order chi connectivity index (χ1) is 16.7. The van der Waals surface area contributed by atoms with Gasteiger partial charge in [-0.3, -0.25) is 4.90 Å². The molecule has 1 saturated carbocycles. The molecule has 1 saturated heterocycles. The number of morpholine rings is 1. The van der Waals surface area contributed by atoms with Crippen LogP contribution in [0.3, 0.4) is 0 Å². The zero-order valence-electron chi connectivity index (χ0n) is 21.9. The minimum Gasteiger partial charge on any atom is -0.444 e. The number of hydrogen-bond donors (Lipinski definition) is 0. The maximum atomic E-state index is 13.1. The summed E-state index contributed by atoms with van der Waals surface area (Å²) >= 11 is 0. The Hall–Kier alpha value is -2.36. The molecule has 2 atom stereocenters. The highest BCUT2D eigenvalue weighted by Crippen LogP contribution is 2.43. The smallest absolute Gasteiger partial charge is 0.410 e. The van der Waals surface area contributed by atoms with Gasteiger partial charge in [0.1, 0.15) is 11.7 Å². The molecule has 1 aliphatic carbocycles. The van der Waals surface area contributed by atoms with E-state index in [9.17, 15) is 18.0 Å². The summed E-state index contributed by atoms with van der Waals surface area (Å²) in [6, 6.07) is 3.66. The van der Waals surface area contributed by atoms with Crippen LogP contribution in [0.4, 0.5) is 18.0 Å². The molecule has 0 unspecified atom stereocenters. The van der Waals surface area contributed by atoms with Crippen LogP contribution >= 0.6 is 0 Å². The second kappa shape index (κ2) is 9.84. The van der Waals surface area contributed by atoms with Crippen molar-refractivity contribution >= 4 is 11.7 Å². The van der Waals surface area contributed by atoms with Crippen LogP contribution in [-0.4, -0.2) is 56.6 Å². The van der Waals surface area contributed by atoms with E-state index in [1.165, 1.54) is 0 Å². The standard InChI is InChI=1S/C26H37F3N4O3/c1-15(2)21-14-35-22(13-32(21)24(34)36-25(4,5)6)20-11-16(3)30-23-12-19(31-33(20)23)17-7-9-18(10-8-17)26(27,28)29/h11-12,15,17-18,21-22H,7-10,13-14H2,1-6H3/t17?,18?,21-,22+/m1/s1. The van der Waals surface area contributed by atoms with Crippen molar-refractivity contribution in [3.05, 3.63) is 29.2 Å². The van der Waals surface area contributed by atoms with Gasteiger partial charge in [-0.15, -0.1) is 0 Å². The number of ether oxygens (including phenoxy) is 2. The van der Waals surface area contributed by atoms with Gasteiger partial charge in [0.05, 0.1) is 36.5 Å². The molecule has 0 aromatic carbocycles. The number of amides is 1. The maximum absolute atomic E-state index is 13.1. The summed E-state index contributed by atoms with van der Waals surface area (Å²) in [6.07, 6.45) is -3.81. The Bertz CT molecular complexity index is 1080. The molecule has 2 fully saturated rings. The van der Waals surface area contributed by atoms with Crippen LogP contribution in [-0.2, 0) is 9.47 Å². The second-order valence-electron chi connectivity index (χ2n) is 11.5. The van der Waals surface area contributed by atoms with E-state index in [-0.39, 0.29) is 36.8 Å². The summed E-state index contributed by atoms with van der Waals surface area (Å²) in [7, 11) is 0. The van der Waals surface area contributed by atoms with Crippen molar-refractivity contribution in [2.24, 2.45) is 11.8 Å². The van der Waals surface area contributed by atoms with Gasteiger partial charge in [-0.25, -0.2) is 14.3 Å². The first-order valence-corrected chi connectivity index (χ1v) is 12.8. The Labute approximate surface area is 210 Å². The predicted octanol–water partition coefficient (Wildman–Crippen LogP) is 6.21. The molecule has 0 radical (unpaired) electrons. The van der Waals surface area contributed by atoms with Crippen molar-refractivity contribution in [2.45, 2.75) is 97.1 Å². The summed E-state index contributed by atoms with van der Waals surface area (Å²) in [5.41, 5.74) is 2.33. The molecular formula is C26H37F3N4O3. The van der Waals surface area contributed by atoms with Crippen LogP contribution in [0.25, 0.3) is 5.65 Å². The monoisotopic (exact) mass is 510 g/mol. The summed E-state index contributed by atoms with van der Waals surface area (Å²) in [4.78, 5) is 19.4. The summed E-state index contributed by atoms with van der Waals surface area (Å²) in [5, 5.41) is 4.78. The van der Waals surface area contributed by atoms with Crippen LogP contribution in [0.15, 0.2) is 12.1 Å². The lowest BCUT2D eigenvalue weighted by molar-refractivity contribution is -0.182. The maximum Gasteiger partial charge on any atom is 0.410 e. The van der Waals surface area contributed by atoms with Gasteiger partial charge < -0.3 is 9.47 Å². The van der Waals surface area contributed by atoms with Crippen LogP contribution in [0.5, 0.6) is 0 Å². The minimum atomic E-state index is -4.14. The molecule has 2 aliphatic rings. The number of carbonyl (C=O) groups excluding carboxylic acids is 1. The fraction of sp³-hybridized carbons (Fsp3) is 0.731. The number of aryl methyl sites for hydroxylation is 1. The quantitative estimate of drug-likeness (QED) is 0.491. The van der Waals surface area contributed by atoms with Crippen molar-refractivity contribution in [3.8, 4) is 0 Å². The summed E-state index contributed by atoms with van der Waals surface area (Å²) in [6.45, 7) is 12.2. The largest absolute Gasteiger partial charge is 0.444 e. The fourth-order valence-corrected chi connectivity index (χ4v) is 5.23. The highest BCUT2D eigenvalue weighted by atomic mass is 19.4. The van der Waals surface area contributed by atoms with Gasteiger partial charge >= 0.3 is 12.3 Å². The average Bonchev–Trinajstić information content (AvgIpc) is 3.20. The van der Waals surface area contributed by atoms with E-state index in [0.717, 1.165) is 17.1 Å². The molecule has 2 aromatic rings. The third-order valence-electron chi connectivity index (χ3n) is 7.17. The van der Waals surface area contributed by atoms with E-state index in [4.69, 9.17) is 14.6 Å². The highest BCUT2D eigenvalue weighted by Gasteiger charge is 2.42. The summed E-state index contributed by atoms with van der Waals surface area (Å²) in [5.74, 6) is -1.08. The molecular weight excluding hydrogens is 473 g/mol. The average molecular weight is 511 g/mol. The van der Waals surface area contributed by atoms with Crippen LogP contribution < -0.4 is 0 Å². The van der Waals surface area contributed by atoms with Crippen molar-refractivity contribution in [1.82, 2.24) is 19.5 Å². The number of halogens is 3. The molecule has 3 heterocycles. The predicted molar refractivity (Wildman–Crippen MR) is 129 cm³/mol. The SMILES string of the molecule is Cc1cc([C@@H]2CN(C(=O)OC(C)(C)C)[C@@H](C(C)C)CO2)n2nc(C3CCC(C(F)(F)F)CC3)cc2n1. The molecule has 36 heavy (non-hydrogen) atoms. The van der Waals surface area contributed by atoms with Crippen molar-refractivity contribution < 1.29 is 27.4 Å². The molecule has 200 valence electrons. The molecule has 10 heteroatoms. The van der Waals surface area contributed by atoms with E-state index in [0.29, 0.717) is 31.6 Å². The highest BCUT2D eigenvalue weighted by molar-refractivity contribution is 5.69. The van der Waals surface area contributed by atoms with Gasteiger partial charge in [0.15, 0.2) is 5.65 Å². The Balaban J connectivity index is 1.60. The van der Waals surface area contributed by atoms with Crippen LogP contribution in [0, 0.1) is 18.8 Å². The van der Waals surface area contributed by atoms with E-state index >= 15 is 0 Å². The minimum absolute atomic E-state index is 0.0330. The zero-order chi connectivity index (χ0) is 26.4. The second-order valence-corrected chi connectivity index (χ2v) is 11.5. The van der Waals surface area contributed by atoms with Crippen LogP contribution in [0.2, 0.25) is 0 Å². The van der Waals surface area contributed by atoms with Crippen LogP contribution in [0.1, 0.15) is 89.4 Å². The lowest BCUT2D eigenvalue weighted by Gasteiger charge is -2.42. The third-order valence-corrected chi connectivity index (χ3v) is 7.17. The number of rotatable bonds is 3. The molecule has 7 nitrogen and oxygen atoms in total. The van der Waals surface area contributed by atoms with E-state index in [1.807, 2.05) is 53.7 Å². The van der Waals surface area contributed by atoms with E-state index in [2.05, 4.69) is 4.98 Å². The molecule has 1 aliphatic heterocycles. The molecule has 4 rings (SSSR count). The lowest BCUT2D eigenvalue weighted by atomic mass is 9.80. The van der Waals surface area contributed by atoms with Crippen molar-refractivity contribution in [2.75, 3.05) is 13.2 Å². The molecule has 0 spiro atoms. The Morgan fingerprint density at radius 1 is 1.14 bits per heavy atom. The molecule has 1 amide bonds. The van der Waals surface area contributed by atoms with Crippen molar-refractivity contribution in [3.63, 3.8) is 0 Å². The van der Waals surface area contributed by atoms with E-state index < -0.39 is 23.8 Å². The topological polar surface area (TPSA) is 69.0 Å². The van der Waals surface area contributed by atoms with E-state index in [1.54, 1.807) is 9.42 Å². The summed E-state index contributed by atoms with van der Waals surface area (Å²) < 4.78 is 53.0. The fourth-order valence-electron chi connectivity index (χ4n) is 5.23. The van der Waals surface area contributed by atoms with Gasteiger partial charge in [0.25, 0.3) is 0 Å². The Kier molecular flexibility index (Phi) is 7.29. The first-order valence-electron chi connectivity index (χ1n) is 12.8. The first kappa shape index (κ1) is 26.7. The molecule has 0 bridgehead atoms. The van der Waals surface area contributed by atoms with Gasteiger partial charge in [-0.1, -0.05) is 13.8 Å². The normalized spacial score (nSPS) is 26.0. The number of alkyl halides is 3.